The van der Waals surface area contributed by atoms with Crippen LogP contribution < -0.4 is 0 Å². The second-order valence-corrected chi connectivity index (χ2v) is 9.18. The SMILES string of the molecule is CCCCN(Cn1ccnc1)C(Cc1ccc(Cl)cc1Cl)(c1ccccc1)c1ccccc1. The van der Waals surface area contributed by atoms with Gasteiger partial charge in [-0.05, 0) is 35.2 Å². The Morgan fingerprint density at radius 3 is 2.12 bits per heavy atom. The van der Waals surface area contributed by atoms with Crippen LogP contribution >= 0.6 is 23.2 Å². The Balaban J connectivity index is 1.94. The van der Waals surface area contributed by atoms with Crippen LogP contribution in [-0.4, -0.2) is 21.0 Å². The molecule has 4 rings (SSSR count). The lowest BCUT2D eigenvalue weighted by Gasteiger charge is -2.46. The summed E-state index contributed by atoms with van der Waals surface area (Å²) in [4.78, 5) is 6.85. The summed E-state index contributed by atoms with van der Waals surface area (Å²) in [6.07, 6.45) is 8.66. The molecule has 0 unspecified atom stereocenters. The number of hydrogen-bond donors (Lipinski definition) is 0. The lowest BCUT2D eigenvalue weighted by Crippen LogP contribution is -2.50. The average Bonchev–Trinajstić information content (AvgIpc) is 3.36. The van der Waals surface area contributed by atoms with E-state index < -0.39 is 5.54 Å². The zero-order valence-corrected chi connectivity index (χ0v) is 20.4. The van der Waals surface area contributed by atoms with E-state index in [1.165, 1.54) is 11.1 Å². The second kappa shape index (κ2) is 11.0. The fraction of sp³-hybridized carbons (Fsp3) is 0.250. The van der Waals surface area contributed by atoms with E-state index in [1.54, 1.807) is 0 Å². The Morgan fingerprint density at radius 1 is 0.909 bits per heavy atom. The smallest absolute Gasteiger partial charge is 0.0956 e. The fourth-order valence-corrected chi connectivity index (χ4v) is 4.99. The third kappa shape index (κ3) is 5.33. The summed E-state index contributed by atoms with van der Waals surface area (Å²) in [6, 6.07) is 27.3. The summed E-state index contributed by atoms with van der Waals surface area (Å²) >= 11 is 13.0. The van der Waals surface area contributed by atoms with Gasteiger partial charge in [0.1, 0.15) is 0 Å². The van der Waals surface area contributed by atoms with Crippen LogP contribution in [0.15, 0.2) is 97.6 Å². The van der Waals surface area contributed by atoms with Crippen LogP contribution in [0.2, 0.25) is 10.0 Å². The fourth-order valence-electron chi connectivity index (χ4n) is 4.51. The minimum absolute atomic E-state index is 0.431. The van der Waals surface area contributed by atoms with Crippen LogP contribution in [0.3, 0.4) is 0 Å². The van der Waals surface area contributed by atoms with Gasteiger partial charge in [0, 0.05) is 35.4 Å². The molecule has 0 N–H and O–H groups in total. The lowest BCUT2D eigenvalue weighted by molar-refractivity contribution is 0.0814. The van der Waals surface area contributed by atoms with Gasteiger partial charge >= 0.3 is 0 Å². The van der Waals surface area contributed by atoms with Gasteiger partial charge in [0.05, 0.1) is 18.5 Å². The Hall–Kier alpha value is -2.59. The first-order valence-electron chi connectivity index (χ1n) is 11.4. The molecule has 0 aliphatic rings. The van der Waals surface area contributed by atoms with E-state index in [2.05, 4.69) is 88.1 Å². The number of nitrogens with zero attached hydrogens (tertiary/aromatic N) is 3. The molecule has 1 heterocycles. The maximum atomic E-state index is 6.74. The third-order valence-electron chi connectivity index (χ3n) is 6.18. The first-order valence-corrected chi connectivity index (χ1v) is 12.1. The van der Waals surface area contributed by atoms with Crippen LogP contribution in [0.5, 0.6) is 0 Å². The number of rotatable bonds is 10. The van der Waals surface area contributed by atoms with Crippen molar-refractivity contribution in [1.82, 2.24) is 14.5 Å². The molecule has 170 valence electrons. The number of halogens is 2. The summed E-state index contributed by atoms with van der Waals surface area (Å²) in [5.74, 6) is 0. The van der Waals surface area contributed by atoms with Crippen molar-refractivity contribution in [2.45, 2.75) is 38.4 Å². The Kier molecular flexibility index (Phi) is 7.87. The zero-order chi connectivity index (χ0) is 23.1. The normalized spacial score (nSPS) is 11.8. The number of benzene rings is 3. The monoisotopic (exact) mass is 477 g/mol. The van der Waals surface area contributed by atoms with Gasteiger partial charge < -0.3 is 4.57 Å². The van der Waals surface area contributed by atoms with Crippen LogP contribution in [0, 0.1) is 0 Å². The number of unbranched alkanes of at least 4 members (excludes halogenated alkanes) is 1. The van der Waals surface area contributed by atoms with Gasteiger partial charge in [0.15, 0.2) is 0 Å². The maximum absolute atomic E-state index is 6.74. The molecular formula is C28H29Cl2N3. The summed E-state index contributed by atoms with van der Waals surface area (Å²) < 4.78 is 2.14. The van der Waals surface area contributed by atoms with Crippen molar-refractivity contribution in [3.8, 4) is 0 Å². The van der Waals surface area contributed by atoms with Crippen LogP contribution in [0.1, 0.15) is 36.5 Å². The molecule has 0 fully saturated rings. The molecule has 0 atom stereocenters. The van der Waals surface area contributed by atoms with E-state index in [0.29, 0.717) is 10.0 Å². The third-order valence-corrected chi connectivity index (χ3v) is 6.77. The molecule has 4 aromatic rings. The molecule has 3 aromatic carbocycles. The van der Waals surface area contributed by atoms with E-state index in [9.17, 15) is 0 Å². The molecule has 0 saturated carbocycles. The van der Waals surface area contributed by atoms with Crippen molar-refractivity contribution in [2.75, 3.05) is 6.54 Å². The van der Waals surface area contributed by atoms with Gasteiger partial charge in [-0.2, -0.15) is 0 Å². The minimum Gasteiger partial charge on any atom is -0.324 e. The lowest BCUT2D eigenvalue weighted by atomic mass is 9.76. The van der Waals surface area contributed by atoms with E-state index in [1.807, 2.05) is 30.9 Å². The molecule has 0 amide bonds. The minimum atomic E-state index is -0.431. The van der Waals surface area contributed by atoms with Gasteiger partial charge in [-0.1, -0.05) is 103 Å². The molecular weight excluding hydrogens is 449 g/mol. The van der Waals surface area contributed by atoms with Gasteiger partial charge in [0.2, 0.25) is 0 Å². The molecule has 0 saturated heterocycles. The molecule has 1 aromatic heterocycles. The number of hydrogen-bond acceptors (Lipinski definition) is 2. The highest BCUT2D eigenvalue weighted by atomic mass is 35.5. The van der Waals surface area contributed by atoms with Gasteiger partial charge in [0.25, 0.3) is 0 Å². The van der Waals surface area contributed by atoms with Crippen LogP contribution in [-0.2, 0) is 18.6 Å². The van der Waals surface area contributed by atoms with Crippen molar-refractivity contribution in [3.05, 3.63) is 124 Å². The molecule has 0 radical (unpaired) electrons. The largest absolute Gasteiger partial charge is 0.324 e. The highest BCUT2D eigenvalue weighted by Gasteiger charge is 2.40. The van der Waals surface area contributed by atoms with Crippen LogP contribution in [0.4, 0.5) is 0 Å². The number of imidazole rings is 1. The van der Waals surface area contributed by atoms with E-state index >= 15 is 0 Å². The van der Waals surface area contributed by atoms with Gasteiger partial charge in [-0.25, -0.2) is 4.98 Å². The van der Waals surface area contributed by atoms with E-state index in [0.717, 1.165) is 38.0 Å². The van der Waals surface area contributed by atoms with Crippen molar-refractivity contribution < 1.29 is 0 Å². The molecule has 0 spiro atoms. The zero-order valence-electron chi connectivity index (χ0n) is 18.9. The van der Waals surface area contributed by atoms with Crippen molar-refractivity contribution in [2.24, 2.45) is 0 Å². The summed E-state index contributed by atoms with van der Waals surface area (Å²) in [5.41, 5.74) is 3.11. The summed E-state index contributed by atoms with van der Waals surface area (Å²) in [5, 5.41) is 1.34. The van der Waals surface area contributed by atoms with E-state index in [-0.39, 0.29) is 0 Å². The quantitative estimate of drug-likeness (QED) is 0.236. The highest BCUT2D eigenvalue weighted by Crippen LogP contribution is 2.41. The second-order valence-electron chi connectivity index (χ2n) is 8.34. The van der Waals surface area contributed by atoms with E-state index in [4.69, 9.17) is 23.2 Å². The van der Waals surface area contributed by atoms with Crippen molar-refractivity contribution in [1.29, 1.82) is 0 Å². The van der Waals surface area contributed by atoms with Crippen molar-refractivity contribution in [3.63, 3.8) is 0 Å². The molecule has 3 nitrogen and oxygen atoms in total. The predicted molar refractivity (Wildman–Crippen MR) is 138 cm³/mol. The molecule has 0 bridgehead atoms. The Bertz CT molecular complexity index is 1090. The average molecular weight is 478 g/mol. The first-order chi connectivity index (χ1) is 16.1. The van der Waals surface area contributed by atoms with Crippen LogP contribution in [0.25, 0.3) is 0 Å². The highest BCUT2D eigenvalue weighted by molar-refractivity contribution is 6.35. The molecule has 33 heavy (non-hydrogen) atoms. The molecule has 0 aliphatic carbocycles. The molecule has 5 heteroatoms. The first kappa shape index (κ1) is 23.6. The van der Waals surface area contributed by atoms with Crippen molar-refractivity contribution >= 4 is 23.2 Å². The van der Waals surface area contributed by atoms with Gasteiger partial charge in [-0.3, -0.25) is 4.90 Å². The summed E-state index contributed by atoms with van der Waals surface area (Å²) in [6.45, 7) is 3.89. The van der Waals surface area contributed by atoms with Gasteiger partial charge in [-0.15, -0.1) is 0 Å². The predicted octanol–water partition coefficient (Wildman–Crippen LogP) is 7.44. The Labute approximate surface area is 206 Å². The maximum Gasteiger partial charge on any atom is 0.0956 e. The topological polar surface area (TPSA) is 21.1 Å². The molecule has 0 aliphatic heterocycles. The standard InChI is InChI=1S/C28H29Cl2N3/c1-2-3-17-33(22-32-18-16-31-21-32)28(24-10-6-4-7-11-24,25-12-8-5-9-13-25)20-23-14-15-26(29)19-27(23)30/h4-16,18-19,21H,2-3,17,20,22H2,1H3. The number of aromatic nitrogens is 2. The Morgan fingerprint density at radius 2 is 1.58 bits per heavy atom. The summed E-state index contributed by atoms with van der Waals surface area (Å²) in [7, 11) is 0.